The summed E-state index contributed by atoms with van der Waals surface area (Å²) in [6.45, 7) is 0.202. The molecule has 2 aromatic carbocycles. The van der Waals surface area contributed by atoms with E-state index in [1.807, 2.05) is 24.3 Å². The molecule has 4 rings (SSSR count). The minimum absolute atomic E-state index is 0.202. The zero-order valence-electron chi connectivity index (χ0n) is 15.0. The zero-order valence-corrected chi connectivity index (χ0v) is 17.4. The van der Waals surface area contributed by atoms with Gasteiger partial charge in [-0.2, -0.15) is 5.10 Å². The van der Waals surface area contributed by atoms with E-state index in [-0.39, 0.29) is 6.61 Å². The van der Waals surface area contributed by atoms with E-state index in [2.05, 4.69) is 25.2 Å². The van der Waals surface area contributed by atoms with E-state index in [1.54, 1.807) is 22.8 Å². The predicted molar refractivity (Wildman–Crippen MR) is 114 cm³/mol. The summed E-state index contributed by atoms with van der Waals surface area (Å²) in [6, 6.07) is 12.8. The highest BCUT2D eigenvalue weighted by molar-refractivity contribution is 7.71. The lowest BCUT2D eigenvalue weighted by atomic mass is 10.3. The number of nitrogens with zero attached hydrogens (tertiary/aromatic N) is 3. The number of hydrogen-bond donors (Lipinski definition) is 2. The third-order valence-corrected chi connectivity index (χ3v) is 5.41. The average Bonchev–Trinajstić information content (AvgIpc) is 3.29. The van der Waals surface area contributed by atoms with Gasteiger partial charge in [0, 0.05) is 10.7 Å². The molecule has 2 heterocycles. The van der Waals surface area contributed by atoms with Crippen molar-refractivity contribution < 1.29 is 14.3 Å². The van der Waals surface area contributed by atoms with Gasteiger partial charge in [-0.3, -0.25) is 15.0 Å². The third kappa shape index (κ3) is 4.24. The summed E-state index contributed by atoms with van der Waals surface area (Å²) in [5.41, 5.74) is 1.58. The van der Waals surface area contributed by atoms with Gasteiger partial charge in [0.1, 0.15) is 12.4 Å². The van der Waals surface area contributed by atoms with Gasteiger partial charge >= 0.3 is 6.09 Å². The van der Waals surface area contributed by atoms with Gasteiger partial charge in [-0.15, -0.1) is 0 Å². The smallest absolute Gasteiger partial charge is 0.413 e. The van der Waals surface area contributed by atoms with Gasteiger partial charge in [-0.25, -0.2) is 9.78 Å². The fourth-order valence-electron chi connectivity index (χ4n) is 2.62. The zero-order chi connectivity index (χ0) is 20.4. The van der Waals surface area contributed by atoms with Crippen LogP contribution in [0.4, 0.5) is 9.93 Å². The molecule has 8 nitrogen and oxygen atoms in total. The van der Waals surface area contributed by atoms with Crippen LogP contribution in [0.2, 0.25) is 5.02 Å². The first-order valence-electron chi connectivity index (χ1n) is 8.34. The normalized spacial score (nSPS) is 10.8. The van der Waals surface area contributed by atoms with Gasteiger partial charge in [0.2, 0.25) is 0 Å². The Morgan fingerprint density at radius 1 is 1.31 bits per heavy atom. The predicted octanol–water partition coefficient (Wildman–Crippen LogP) is 4.95. The highest BCUT2D eigenvalue weighted by Crippen LogP contribution is 2.29. The largest absolute Gasteiger partial charge is 0.486 e. The minimum atomic E-state index is -0.564. The van der Waals surface area contributed by atoms with Crippen LogP contribution in [0.15, 0.2) is 42.5 Å². The standard InChI is InChI=1S/C18H14ClN5O3S2/c1-26-18(25)21-16-20-13-7-6-12(8-14(13)29-16)27-9-15-22-23-17(28)24(15)11-4-2-10(19)3-5-11/h2-8H,9H2,1H3,(H,23,28)(H,20,21,25). The number of benzene rings is 2. The Kier molecular flexibility index (Phi) is 5.47. The lowest BCUT2D eigenvalue weighted by molar-refractivity contribution is 0.187. The lowest BCUT2D eigenvalue weighted by Gasteiger charge is -2.09. The SMILES string of the molecule is COC(=O)Nc1nc2ccc(OCc3n[nH]c(=S)n3-c3ccc(Cl)cc3)cc2s1. The van der Waals surface area contributed by atoms with E-state index >= 15 is 0 Å². The Morgan fingerprint density at radius 2 is 2.10 bits per heavy atom. The maximum atomic E-state index is 11.3. The second-order valence-corrected chi connectivity index (χ2v) is 7.66. The first kappa shape index (κ1) is 19.4. The van der Waals surface area contributed by atoms with E-state index in [0.29, 0.717) is 26.5 Å². The van der Waals surface area contributed by atoms with Crippen LogP contribution >= 0.6 is 35.2 Å². The molecule has 2 N–H and O–H groups in total. The fraction of sp³-hybridized carbons (Fsp3) is 0.111. The van der Waals surface area contributed by atoms with Crippen LogP contribution in [0.1, 0.15) is 5.82 Å². The first-order chi connectivity index (χ1) is 14.0. The van der Waals surface area contributed by atoms with Crippen LogP contribution in [0.3, 0.4) is 0 Å². The molecule has 2 aromatic heterocycles. The maximum Gasteiger partial charge on any atom is 0.413 e. The molecule has 0 saturated heterocycles. The van der Waals surface area contributed by atoms with Gasteiger partial charge in [0.15, 0.2) is 15.7 Å². The number of H-pyrrole nitrogens is 1. The van der Waals surface area contributed by atoms with Crippen molar-refractivity contribution >= 4 is 56.6 Å². The molecule has 0 fully saturated rings. The van der Waals surface area contributed by atoms with E-state index in [4.69, 9.17) is 28.6 Å². The van der Waals surface area contributed by atoms with E-state index < -0.39 is 6.09 Å². The highest BCUT2D eigenvalue weighted by atomic mass is 35.5. The molecule has 4 aromatic rings. The summed E-state index contributed by atoms with van der Waals surface area (Å²) in [4.78, 5) is 15.7. The number of ether oxygens (including phenoxy) is 2. The maximum absolute atomic E-state index is 11.3. The van der Waals surface area contributed by atoms with Gasteiger partial charge in [-0.05, 0) is 54.7 Å². The van der Waals surface area contributed by atoms with Crippen molar-refractivity contribution in [2.45, 2.75) is 6.61 Å². The van der Waals surface area contributed by atoms with Crippen LogP contribution in [-0.4, -0.2) is 33.0 Å². The summed E-state index contributed by atoms with van der Waals surface area (Å²) in [5.74, 6) is 1.26. The summed E-state index contributed by atoms with van der Waals surface area (Å²) < 4.78 is 13.6. The van der Waals surface area contributed by atoms with E-state index in [0.717, 1.165) is 15.9 Å². The van der Waals surface area contributed by atoms with Crippen molar-refractivity contribution in [2.24, 2.45) is 0 Å². The van der Waals surface area contributed by atoms with Crippen LogP contribution in [-0.2, 0) is 11.3 Å². The molecule has 0 aliphatic rings. The molecule has 1 amide bonds. The number of fused-ring (bicyclic) bond motifs is 1. The van der Waals surface area contributed by atoms with Crippen molar-refractivity contribution in [3.8, 4) is 11.4 Å². The molecule has 0 radical (unpaired) electrons. The summed E-state index contributed by atoms with van der Waals surface area (Å²) in [6.07, 6.45) is -0.564. The Bertz CT molecular complexity index is 1230. The number of methoxy groups -OCH3 is 1. The molecule has 0 atom stereocenters. The number of rotatable bonds is 5. The summed E-state index contributed by atoms with van der Waals surface area (Å²) in [5, 5.41) is 10.7. The third-order valence-electron chi connectivity index (χ3n) is 3.95. The molecule has 0 spiro atoms. The molecule has 0 saturated carbocycles. The molecule has 148 valence electrons. The number of halogens is 1. The quantitative estimate of drug-likeness (QED) is 0.420. The topological polar surface area (TPSA) is 94.1 Å². The second kappa shape index (κ2) is 8.19. The molecule has 11 heteroatoms. The number of aromatic amines is 1. The monoisotopic (exact) mass is 447 g/mol. The number of thiazole rings is 1. The Hall–Kier alpha value is -2.95. The van der Waals surface area contributed by atoms with Crippen molar-refractivity contribution in [3.63, 3.8) is 0 Å². The number of carbonyl (C=O) groups is 1. The fourth-order valence-corrected chi connectivity index (χ4v) is 3.88. The number of anilines is 1. The Morgan fingerprint density at radius 3 is 2.86 bits per heavy atom. The van der Waals surface area contributed by atoms with Crippen molar-refractivity contribution in [1.29, 1.82) is 0 Å². The van der Waals surface area contributed by atoms with Crippen LogP contribution in [0, 0.1) is 4.77 Å². The molecule has 0 bridgehead atoms. The first-order valence-corrected chi connectivity index (χ1v) is 9.94. The average molecular weight is 448 g/mol. The van der Waals surface area contributed by atoms with Gasteiger partial charge in [0.05, 0.1) is 17.3 Å². The van der Waals surface area contributed by atoms with Crippen LogP contribution in [0.5, 0.6) is 5.75 Å². The van der Waals surface area contributed by atoms with E-state index in [1.165, 1.54) is 18.4 Å². The van der Waals surface area contributed by atoms with Crippen molar-refractivity contribution in [2.75, 3.05) is 12.4 Å². The molecule has 0 unspecified atom stereocenters. The molecule has 0 aliphatic carbocycles. The molecular formula is C18H14ClN5O3S2. The number of carbonyl (C=O) groups excluding carboxylic acids is 1. The highest BCUT2D eigenvalue weighted by Gasteiger charge is 2.11. The number of aromatic nitrogens is 4. The van der Waals surface area contributed by atoms with Crippen molar-refractivity contribution in [1.82, 2.24) is 19.7 Å². The Labute approximate surface area is 179 Å². The second-order valence-electron chi connectivity index (χ2n) is 5.81. The lowest BCUT2D eigenvalue weighted by Crippen LogP contribution is -2.10. The summed E-state index contributed by atoms with van der Waals surface area (Å²) in [7, 11) is 1.30. The van der Waals surface area contributed by atoms with Gasteiger partial charge in [0.25, 0.3) is 0 Å². The minimum Gasteiger partial charge on any atom is -0.486 e. The van der Waals surface area contributed by atoms with Gasteiger partial charge in [-0.1, -0.05) is 22.9 Å². The number of amides is 1. The Balaban J connectivity index is 1.53. The van der Waals surface area contributed by atoms with Crippen molar-refractivity contribution in [3.05, 3.63) is 58.1 Å². The molecular weight excluding hydrogens is 434 g/mol. The molecule has 29 heavy (non-hydrogen) atoms. The summed E-state index contributed by atoms with van der Waals surface area (Å²) >= 11 is 12.6. The number of nitrogens with one attached hydrogen (secondary N) is 2. The van der Waals surface area contributed by atoms with Crippen LogP contribution in [0.25, 0.3) is 15.9 Å². The van der Waals surface area contributed by atoms with Gasteiger partial charge < -0.3 is 9.47 Å². The molecule has 0 aliphatic heterocycles. The number of hydrogen-bond acceptors (Lipinski definition) is 7. The van der Waals surface area contributed by atoms with Crippen LogP contribution < -0.4 is 10.1 Å². The van der Waals surface area contributed by atoms with E-state index in [9.17, 15) is 4.79 Å².